The molecular weight excluding hydrogens is 492 g/mol. The van der Waals surface area contributed by atoms with Crippen LogP contribution >= 0.6 is 11.3 Å². The third-order valence-electron chi connectivity index (χ3n) is 6.23. The predicted molar refractivity (Wildman–Crippen MR) is 154 cm³/mol. The minimum absolute atomic E-state index is 0.134. The number of fused-ring (bicyclic) bond motifs is 1. The summed E-state index contributed by atoms with van der Waals surface area (Å²) in [7, 11) is 0. The second kappa shape index (κ2) is 10.1. The van der Waals surface area contributed by atoms with Crippen molar-refractivity contribution in [1.82, 2.24) is 24.5 Å². The average molecular weight is 521 g/mol. The highest BCUT2D eigenvalue weighted by Gasteiger charge is 2.14. The Bertz CT molecular complexity index is 1700. The molecule has 0 atom stereocenters. The first kappa shape index (κ1) is 23.9. The largest absolute Gasteiger partial charge is 0.491 e. The van der Waals surface area contributed by atoms with Crippen LogP contribution in [0, 0.1) is 6.92 Å². The summed E-state index contributed by atoms with van der Waals surface area (Å²) in [5.74, 6) is 2.43. The summed E-state index contributed by atoms with van der Waals surface area (Å²) in [4.78, 5) is 19.4. The third kappa shape index (κ3) is 5.03. The molecule has 0 amide bonds. The van der Waals surface area contributed by atoms with Crippen molar-refractivity contribution < 1.29 is 4.74 Å². The van der Waals surface area contributed by atoms with E-state index in [9.17, 15) is 0 Å². The fraction of sp³-hybridized carbons (Fsp3) is 0.167. The second-order valence-corrected chi connectivity index (χ2v) is 10.5. The zero-order valence-corrected chi connectivity index (χ0v) is 22.3. The maximum absolute atomic E-state index is 5.89. The number of imidazole rings is 1. The quantitative estimate of drug-likeness (QED) is 0.218. The molecule has 4 heterocycles. The summed E-state index contributed by atoms with van der Waals surface area (Å²) >= 11 is 1.71. The normalized spacial score (nSPS) is 11.4. The molecule has 0 fully saturated rings. The van der Waals surface area contributed by atoms with E-state index in [2.05, 4.69) is 68.4 Å². The number of benzene rings is 2. The molecule has 0 aliphatic rings. The van der Waals surface area contributed by atoms with Crippen molar-refractivity contribution in [3.8, 4) is 26.8 Å². The number of nitrogens with one attached hydrogen (secondary N) is 2. The van der Waals surface area contributed by atoms with E-state index in [1.807, 2.05) is 57.6 Å². The number of aromatic amines is 1. The summed E-state index contributed by atoms with van der Waals surface area (Å²) < 4.78 is 8.02. The van der Waals surface area contributed by atoms with Gasteiger partial charge in [-0.1, -0.05) is 24.3 Å². The average Bonchev–Trinajstić information content (AvgIpc) is 3.66. The molecule has 190 valence electrons. The SMILES string of the molecule is Cc1nccn1Cc1ccc(Nc2nc(-c3ccc(-c4cccc(OC(C)C)c4)s3)c3cc[nH]c3n2)cc1. The van der Waals surface area contributed by atoms with Crippen molar-refractivity contribution >= 4 is 34.0 Å². The van der Waals surface area contributed by atoms with Crippen LogP contribution in [0.25, 0.3) is 32.0 Å². The van der Waals surface area contributed by atoms with Crippen LogP contribution in [0.3, 0.4) is 0 Å². The van der Waals surface area contributed by atoms with Gasteiger partial charge in [-0.2, -0.15) is 4.98 Å². The summed E-state index contributed by atoms with van der Waals surface area (Å²) in [6.45, 7) is 6.87. The van der Waals surface area contributed by atoms with Crippen molar-refractivity contribution in [1.29, 1.82) is 0 Å². The van der Waals surface area contributed by atoms with Gasteiger partial charge >= 0.3 is 0 Å². The second-order valence-electron chi connectivity index (χ2n) is 9.42. The molecule has 0 saturated heterocycles. The van der Waals surface area contributed by atoms with Crippen molar-refractivity contribution in [2.24, 2.45) is 0 Å². The predicted octanol–water partition coefficient (Wildman–Crippen LogP) is 7.44. The molecule has 0 aliphatic carbocycles. The van der Waals surface area contributed by atoms with Crippen LogP contribution in [0.1, 0.15) is 25.2 Å². The van der Waals surface area contributed by atoms with Crippen LogP contribution in [-0.4, -0.2) is 30.6 Å². The van der Waals surface area contributed by atoms with E-state index < -0.39 is 0 Å². The molecule has 0 radical (unpaired) electrons. The van der Waals surface area contributed by atoms with Crippen LogP contribution in [0.4, 0.5) is 11.6 Å². The molecule has 6 aromatic rings. The van der Waals surface area contributed by atoms with Gasteiger partial charge in [0.15, 0.2) is 0 Å². The van der Waals surface area contributed by atoms with Gasteiger partial charge in [-0.15, -0.1) is 11.3 Å². The van der Waals surface area contributed by atoms with E-state index in [-0.39, 0.29) is 6.10 Å². The summed E-state index contributed by atoms with van der Waals surface area (Å²) in [5, 5.41) is 4.38. The Morgan fingerprint density at radius 3 is 2.63 bits per heavy atom. The van der Waals surface area contributed by atoms with Crippen molar-refractivity contribution in [2.45, 2.75) is 33.4 Å². The summed E-state index contributed by atoms with van der Waals surface area (Å²) in [6.07, 6.45) is 5.86. The molecule has 0 bridgehead atoms. The van der Waals surface area contributed by atoms with Crippen molar-refractivity contribution in [2.75, 3.05) is 5.32 Å². The molecule has 6 rings (SSSR count). The first-order valence-corrected chi connectivity index (χ1v) is 13.4. The molecule has 38 heavy (non-hydrogen) atoms. The van der Waals surface area contributed by atoms with Crippen LogP contribution in [0.15, 0.2) is 85.3 Å². The Morgan fingerprint density at radius 2 is 1.84 bits per heavy atom. The van der Waals surface area contributed by atoms with Gasteiger partial charge in [0.1, 0.15) is 17.2 Å². The topological polar surface area (TPSA) is 80.6 Å². The molecule has 2 aromatic carbocycles. The van der Waals surface area contributed by atoms with Crippen molar-refractivity contribution in [3.05, 3.63) is 96.7 Å². The molecule has 0 saturated carbocycles. The van der Waals surface area contributed by atoms with Gasteiger partial charge in [0.2, 0.25) is 5.95 Å². The van der Waals surface area contributed by atoms with Gasteiger partial charge < -0.3 is 19.6 Å². The molecule has 0 spiro atoms. The number of hydrogen-bond acceptors (Lipinski definition) is 6. The maximum Gasteiger partial charge on any atom is 0.229 e. The van der Waals surface area contributed by atoms with Gasteiger partial charge in [0, 0.05) is 41.1 Å². The van der Waals surface area contributed by atoms with Crippen LogP contribution in [0.5, 0.6) is 5.75 Å². The smallest absolute Gasteiger partial charge is 0.229 e. The van der Waals surface area contributed by atoms with Crippen LogP contribution in [0.2, 0.25) is 0 Å². The van der Waals surface area contributed by atoms with E-state index in [1.54, 1.807) is 11.3 Å². The lowest BCUT2D eigenvalue weighted by molar-refractivity contribution is 0.242. The fourth-order valence-electron chi connectivity index (χ4n) is 4.39. The van der Waals surface area contributed by atoms with E-state index in [1.165, 1.54) is 5.56 Å². The van der Waals surface area contributed by atoms with Gasteiger partial charge in [0.25, 0.3) is 0 Å². The lowest BCUT2D eigenvalue weighted by Gasteiger charge is -2.10. The highest BCUT2D eigenvalue weighted by atomic mass is 32.1. The minimum Gasteiger partial charge on any atom is -0.491 e. The number of ether oxygens (including phenoxy) is 1. The van der Waals surface area contributed by atoms with Gasteiger partial charge in [0.05, 0.1) is 16.7 Å². The Balaban J connectivity index is 1.26. The number of H-pyrrole nitrogens is 1. The van der Waals surface area contributed by atoms with E-state index in [0.717, 1.165) is 55.9 Å². The van der Waals surface area contributed by atoms with Gasteiger partial charge in [-0.3, -0.25) is 0 Å². The highest BCUT2D eigenvalue weighted by Crippen LogP contribution is 2.38. The number of hydrogen-bond donors (Lipinski definition) is 2. The lowest BCUT2D eigenvalue weighted by atomic mass is 10.2. The maximum atomic E-state index is 5.89. The molecule has 8 heteroatoms. The summed E-state index contributed by atoms with van der Waals surface area (Å²) in [5.41, 5.74) is 4.96. The number of aromatic nitrogens is 5. The first-order chi connectivity index (χ1) is 18.5. The molecule has 0 unspecified atom stereocenters. The molecule has 7 nitrogen and oxygen atoms in total. The van der Waals surface area contributed by atoms with Crippen LogP contribution < -0.4 is 10.1 Å². The fourth-order valence-corrected chi connectivity index (χ4v) is 5.40. The van der Waals surface area contributed by atoms with Crippen molar-refractivity contribution in [3.63, 3.8) is 0 Å². The Hall–Kier alpha value is -4.43. The number of nitrogens with zero attached hydrogens (tertiary/aromatic N) is 4. The number of aryl methyl sites for hydroxylation is 1. The van der Waals surface area contributed by atoms with Crippen LogP contribution in [-0.2, 0) is 6.54 Å². The number of thiophene rings is 1. The monoisotopic (exact) mass is 520 g/mol. The summed E-state index contributed by atoms with van der Waals surface area (Å²) in [6, 6.07) is 22.9. The molecule has 0 aliphatic heterocycles. The Labute approximate surface area is 225 Å². The van der Waals surface area contributed by atoms with E-state index >= 15 is 0 Å². The van der Waals surface area contributed by atoms with E-state index in [0.29, 0.717) is 5.95 Å². The third-order valence-corrected chi connectivity index (χ3v) is 7.37. The molecular formula is C30H28N6OS. The molecule has 4 aromatic heterocycles. The number of rotatable bonds is 8. The Morgan fingerprint density at radius 1 is 1.00 bits per heavy atom. The minimum atomic E-state index is 0.134. The lowest BCUT2D eigenvalue weighted by Crippen LogP contribution is -2.05. The van der Waals surface area contributed by atoms with Gasteiger partial charge in [-0.25, -0.2) is 9.97 Å². The first-order valence-electron chi connectivity index (χ1n) is 12.6. The Kier molecular flexibility index (Phi) is 6.39. The number of anilines is 2. The standard InChI is InChI=1S/C30H28N6OS/c1-19(2)37-24-6-4-5-22(17-24)26-11-12-27(38-26)28-25-13-14-32-29(25)35-30(34-28)33-23-9-7-21(8-10-23)18-36-16-15-31-20(36)3/h4-17,19H,18H2,1-3H3,(H2,32,33,34,35). The van der Waals surface area contributed by atoms with E-state index in [4.69, 9.17) is 14.7 Å². The van der Waals surface area contributed by atoms with Gasteiger partial charge in [-0.05, 0) is 74.4 Å². The highest BCUT2D eigenvalue weighted by molar-refractivity contribution is 7.18. The molecule has 2 N–H and O–H groups in total. The zero-order chi connectivity index (χ0) is 26.1. The zero-order valence-electron chi connectivity index (χ0n) is 21.5.